The Morgan fingerprint density at radius 3 is 1.38 bits per heavy atom. The minimum atomic E-state index is 0.709. The van der Waals surface area contributed by atoms with E-state index in [4.69, 9.17) is 12.6 Å². The van der Waals surface area contributed by atoms with E-state index in [2.05, 4.69) is 20.8 Å². The molecule has 0 saturated heterocycles. The van der Waals surface area contributed by atoms with Crippen LogP contribution in [0.5, 0.6) is 0 Å². The molecule has 3 aliphatic rings. The van der Waals surface area contributed by atoms with Crippen molar-refractivity contribution in [2.24, 2.45) is 41.4 Å². The Morgan fingerprint density at radius 2 is 0.962 bits per heavy atom. The summed E-state index contributed by atoms with van der Waals surface area (Å²) in [7, 11) is 0. The molecule has 0 aromatic carbocycles. The second kappa shape index (κ2) is 10.2. The van der Waals surface area contributed by atoms with Gasteiger partial charge in [0.05, 0.1) is 0 Å². The fourth-order valence-corrected chi connectivity index (χ4v) is 6.98. The van der Waals surface area contributed by atoms with Crippen LogP contribution in [0.4, 0.5) is 0 Å². The molecule has 0 spiro atoms. The van der Waals surface area contributed by atoms with Gasteiger partial charge in [0.2, 0.25) is 0 Å². The molecule has 152 valence electrons. The van der Waals surface area contributed by atoms with Gasteiger partial charge < -0.3 is 0 Å². The Balaban J connectivity index is 1.36. The lowest BCUT2D eigenvalue weighted by atomic mass is 9.64. The fraction of sp³-hybridized carbons (Fsp3) is 1.00. The zero-order chi connectivity index (χ0) is 18.5. The highest BCUT2D eigenvalue weighted by atomic mass is 32.1. The third-order valence-corrected chi connectivity index (χ3v) is 9.23. The Bertz CT molecular complexity index is 379. The molecule has 3 rings (SSSR count). The summed E-state index contributed by atoms with van der Waals surface area (Å²) < 4.78 is 0. The van der Waals surface area contributed by atoms with Crippen LogP contribution in [0.25, 0.3) is 0 Å². The van der Waals surface area contributed by atoms with Gasteiger partial charge in [0.1, 0.15) is 0 Å². The lowest BCUT2D eigenvalue weighted by molar-refractivity contribution is 0.102. The van der Waals surface area contributed by atoms with Gasteiger partial charge in [0.15, 0.2) is 0 Å². The van der Waals surface area contributed by atoms with Gasteiger partial charge in [-0.15, -0.1) is 0 Å². The smallest absolute Gasteiger partial charge is 0.00170 e. The predicted octanol–water partition coefficient (Wildman–Crippen LogP) is 8.16. The standard InChI is InChI=1S/C25H46S/c1-18(2)4-5-19(3)20-6-8-21(9-7-20)22-10-12-23(13-11-22)24-14-16-25(26)17-15-24/h18-26H,4-17H2,1-3H3. The van der Waals surface area contributed by atoms with Crippen LogP contribution in [-0.4, -0.2) is 5.25 Å². The maximum atomic E-state index is 4.69. The van der Waals surface area contributed by atoms with Crippen molar-refractivity contribution < 1.29 is 0 Å². The molecule has 0 aromatic heterocycles. The van der Waals surface area contributed by atoms with Crippen molar-refractivity contribution in [3.8, 4) is 0 Å². The first-order valence-corrected chi connectivity index (χ1v) is 12.7. The first-order chi connectivity index (χ1) is 12.5. The lowest BCUT2D eigenvalue weighted by Gasteiger charge is -2.41. The second-order valence-corrected chi connectivity index (χ2v) is 11.6. The molecule has 26 heavy (non-hydrogen) atoms. The van der Waals surface area contributed by atoms with Crippen molar-refractivity contribution in [1.82, 2.24) is 0 Å². The highest BCUT2D eigenvalue weighted by molar-refractivity contribution is 7.80. The minimum absolute atomic E-state index is 0.709. The van der Waals surface area contributed by atoms with Gasteiger partial charge in [-0.05, 0) is 118 Å². The van der Waals surface area contributed by atoms with Crippen LogP contribution < -0.4 is 0 Å². The molecule has 1 unspecified atom stereocenters. The normalized spacial score (nSPS) is 40.5. The Morgan fingerprint density at radius 1 is 0.577 bits per heavy atom. The maximum absolute atomic E-state index is 4.69. The lowest BCUT2D eigenvalue weighted by Crippen LogP contribution is -2.30. The molecule has 0 nitrogen and oxygen atoms in total. The van der Waals surface area contributed by atoms with E-state index in [9.17, 15) is 0 Å². The third kappa shape index (κ3) is 5.92. The topological polar surface area (TPSA) is 0 Å². The van der Waals surface area contributed by atoms with E-state index >= 15 is 0 Å². The molecular formula is C25H46S. The SMILES string of the molecule is CC(C)CCC(C)C1CCC(C2CCC(C3CCC(S)CC3)CC2)CC1. The summed E-state index contributed by atoms with van der Waals surface area (Å²) >= 11 is 4.69. The second-order valence-electron chi connectivity index (χ2n) is 10.9. The zero-order valence-electron chi connectivity index (χ0n) is 18.0. The van der Waals surface area contributed by atoms with Crippen molar-refractivity contribution in [2.75, 3.05) is 0 Å². The molecule has 0 heterocycles. The van der Waals surface area contributed by atoms with Gasteiger partial charge in [-0.25, -0.2) is 0 Å². The number of hydrogen-bond donors (Lipinski definition) is 1. The van der Waals surface area contributed by atoms with Crippen LogP contribution in [-0.2, 0) is 0 Å². The molecule has 1 heteroatoms. The maximum Gasteiger partial charge on any atom is 0.00170 e. The molecule has 3 saturated carbocycles. The highest BCUT2D eigenvalue weighted by Crippen LogP contribution is 2.46. The van der Waals surface area contributed by atoms with E-state index in [1.54, 1.807) is 38.5 Å². The number of thiol groups is 1. The number of hydrogen-bond acceptors (Lipinski definition) is 1. The molecular weight excluding hydrogens is 332 g/mol. The average molecular weight is 379 g/mol. The predicted molar refractivity (Wildman–Crippen MR) is 119 cm³/mol. The van der Waals surface area contributed by atoms with Gasteiger partial charge in [-0.1, -0.05) is 33.6 Å². The first kappa shape index (κ1) is 21.1. The van der Waals surface area contributed by atoms with E-state index in [-0.39, 0.29) is 0 Å². The van der Waals surface area contributed by atoms with Crippen molar-refractivity contribution in [3.63, 3.8) is 0 Å². The summed E-state index contributed by atoms with van der Waals surface area (Å²) in [6, 6.07) is 0. The van der Waals surface area contributed by atoms with E-state index in [1.165, 1.54) is 51.4 Å². The molecule has 1 atom stereocenters. The minimum Gasteiger partial charge on any atom is -0.176 e. The van der Waals surface area contributed by atoms with Gasteiger partial charge in [0.25, 0.3) is 0 Å². The van der Waals surface area contributed by atoms with E-state index in [0.717, 1.165) is 41.4 Å². The summed E-state index contributed by atoms with van der Waals surface area (Å²) in [6.07, 6.45) is 21.0. The van der Waals surface area contributed by atoms with Crippen LogP contribution in [0.3, 0.4) is 0 Å². The van der Waals surface area contributed by atoms with Crippen LogP contribution >= 0.6 is 12.6 Å². The zero-order valence-corrected chi connectivity index (χ0v) is 18.9. The number of rotatable bonds is 6. The van der Waals surface area contributed by atoms with Crippen LogP contribution in [0.15, 0.2) is 0 Å². The van der Waals surface area contributed by atoms with E-state index in [1.807, 2.05) is 0 Å². The van der Waals surface area contributed by atoms with Gasteiger partial charge in [-0.3, -0.25) is 0 Å². The summed E-state index contributed by atoms with van der Waals surface area (Å²) in [5.74, 6) is 7.18. The summed E-state index contributed by atoms with van der Waals surface area (Å²) in [6.45, 7) is 7.30. The van der Waals surface area contributed by atoms with Crippen molar-refractivity contribution >= 4 is 12.6 Å². The van der Waals surface area contributed by atoms with Gasteiger partial charge >= 0.3 is 0 Å². The summed E-state index contributed by atoms with van der Waals surface area (Å²) in [5, 5.41) is 0.709. The van der Waals surface area contributed by atoms with Crippen LogP contribution in [0.2, 0.25) is 0 Å². The molecule has 0 amide bonds. The molecule has 0 radical (unpaired) electrons. The highest BCUT2D eigenvalue weighted by Gasteiger charge is 2.35. The van der Waals surface area contributed by atoms with Crippen molar-refractivity contribution in [1.29, 1.82) is 0 Å². The molecule has 0 bridgehead atoms. The summed E-state index contributed by atoms with van der Waals surface area (Å²) in [5.41, 5.74) is 0. The molecule has 3 fully saturated rings. The van der Waals surface area contributed by atoms with E-state index < -0.39 is 0 Å². The Kier molecular flexibility index (Phi) is 8.28. The molecule has 0 aromatic rings. The average Bonchev–Trinajstić information content (AvgIpc) is 2.67. The van der Waals surface area contributed by atoms with Crippen LogP contribution in [0, 0.1) is 41.4 Å². The fourth-order valence-electron chi connectivity index (χ4n) is 6.68. The van der Waals surface area contributed by atoms with Crippen molar-refractivity contribution in [3.05, 3.63) is 0 Å². The van der Waals surface area contributed by atoms with Gasteiger partial charge in [-0.2, -0.15) is 12.6 Å². The Labute approximate surface area is 170 Å². The quantitative estimate of drug-likeness (QED) is 0.443. The first-order valence-electron chi connectivity index (χ1n) is 12.2. The monoisotopic (exact) mass is 378 g/mol. The Hall–Kier alpha value is 0.350. The molecule has 0 N–H and O–H groups in total. The van der Waals surface area contributed by atoms with Crippen LogP contribution in [0.1, 0.15) is 111 Å². The van der Waals surface area contributed by atoms with Crippen molar-refractivity contribution in [2.45, 2.75) is 116 Å². The molecule has 3 aliphatic carbocycles. The summed E-state index contributed by atoms with van der Waals surface area (Å²) in [4.78, 5) is 0. The largest absolute Gasteiger partial charge is 0.176 e. The third-order valence-electron chi connectivity index (χ3n) is 8.71. The van der Waals surface area contributed by atoms with E-state index in [0.29, 0.717) is 5.25 Å². The van der Waals surface area contributed by atoms with Gasteiger partial charge in [0, 0.05) is 5.25 Å². The molecule has 0 aliphatic heterocycles.